The quantitative estimate of drug-likeness (QED) is 0.717. The summed E-state index contributed by atoms with van der Waals surface area (Å²) in [7, 11) is 0. The van der Waals surface area contributed by atoms with Gasteiger partial charge in [0.15, 0.2) is 0 Å². The van der Waals surface area contributed by atoms with Crippen LogP contribution in [-0.2, 0) is 4.79 Å². The normalized spacial score (nSPS) is 20.2. The Hall–Kier alpha value is -0.750. The zero-order valence-corrected chi connectivity index (χ0v) is 9.33. The topological polar surface area (TPSA) is 52.6 Å². The van der Waals surface area contributed by atoms with Gasteiger partial charge in [0.1, 0.15) is 6.10 Å². The minimum Gasteiger partial charge on any atom is -0.386 e. The predicted molar refractivity (Wildman–Crippen MR) is 55.3 cm³/mol. The standard InChI is InChI=1S/C10H18F2N2O2/c1-7(13-6-8(15)9(11)12)10(16)14-4-2-3-5-14/h7-9,13,15H,2-6H2,1H3. The highest BCUT2D eigenvalue weighted by Crippen LogP contribution is 2.09. The molecule has 2 unspecified atom stereocenters. The van der Waals surface area contributed by atoms with E-state index in [1.807, 2.05) is 0 Å². The second-order valence-corrected chi connectivity index (χ2v) is 4.06. The number of hydrogen-bond donors (Lipinski definition) is 2. The molecule has 1 saturated heterocycles. The van der Waals surface area contributed by atoms with Gasteiger partial charge in [0.2, 0.25) is 5.91 Å². The summed E-state index contributed by atoms with van der Waals surface area (Å²) >= 11 is 0. The largest absolute Gasteiger partial charge is 0.386 e. The minimum absolute atomic E-state index is 0.0843. The van der Waals surface area contributed by atoms with E-state index < -0.39 is 18.6 Å². The molecule has 6 heteroatoms. The number of alkyl halides is 2. The minimum atomic E-state index is -2.78. The lowest BCUT2D eigenvalue weighted by Crippen LogP contribution is -2.46. The van der Waals surface area contributed by atoms with Gasteiger partial charge in [0.05, 0.1) is 6.04 Å². The Morgan fingerprint density at radius 1 is 1.44 bits per heavy atom. The van der Waals surface area contributed by atoms with Gasteiger partial charge < -0.3 is 15.3 Å². The smallest absolute Gasteiger partial charge is 0.265 e. The highest BCUT2D eigenvalue weighted by atomic mass is 19.3. The monoisotopic (exact) mass is 236 g/mol. The van der Waals surface area contributed by atoms with Crippen LogP contribution >= 0.6 is 0 Å². The predicted octanol–water partition coefficient (Wildman–Crippen LogP) is 0.213. The lowest BCUT2D eigenvalue weighted by Gasteiger charge is -2.22. The van der Waals surface area contributed by atoms with Crippen molar-refractivity contribution in [1.82, 2.24) is 10.2 Å². The first kappa shape index (κ1) is 13.3. The molecule has 1 aliphatic heterocycles. The molecular weight excluding hydrogens is 218 g/mol. The summed E-state index contributed by atoms with van der Waals surface area (Å²) < 4.78 is 24.0. The Morgan fingerprint density at radius 2 is 2.00 bits per heavy atom. The van der Waals surface area contributed by atoms with Crippen molar-refractivity contribution in [2.45, 2.75) is 38.3 Å². The fraction of sp³-hybridized carbons (Fsp3) is 0.900. The van der Waals surface area contributed by atoms with Crippen LogP contribution in [0.25, 0.3) is 0 Å². The van der Waals surface area contributed by atoms with Gasteiger partial charge in [-0.25, -0.2) is 8.78 Å². The fourth-order valence-corrected chi connectivity index (χ4v) is 1.69. The Labute approximate surface area is 93.6 Å². The zero-order chi connectivity index (χ0) is 12.1. The van der Waals surface area contributed by atoms with E-state index in [0.717, 1.165) is 25.9 Å². The molecule has 0 aromatic heterocycles. The van der Waals surface area contributed by atoms with Crippen molar-refractivity contribution in [3.63, 3.8) is 0 Å². The van der Waals surface area contributed by atoms with Crippen molar-refractivity contribution in [3.8, 4) is 0 Å². The molecule has 2 N–H and O–H groups in total. The molecule has 1 fully saturated rings. The molecule has 16 heavy (non-hydrogen) atoms. The molecule has 0 aromatic rings. The molecule has 0 radical (unpaired) electrons. The van der Waals surface area contributed by atoms with E-state index >= 15 is 0 Å². The van der Waals surface area contributed by atoms with Crippen LogP contribution in [-0.4, -0.2) is 54.1 Å². The van der Waals surface area contributed by atoms with Crippen LogP contribution in [0.3, 0.4) is 0 Å². The van der Waals surface area contributed by atoms with Crippen molar-refractivity contribution in [1.29, 1.82) is 0 Å². The van der Waals surface area contributed by atoms with Crippen molar-refractivity contribution in [2.24, 2.45) is 0 Å². The van der Waals surface area contributed by atoms with Crippen LogP contribution in [0.1, 0.15) is 19.8 Å². The Morgan fingerprint density at radius 3 is 2.50 bits per heavy atom. The van der Waals surface area contributed by atoms with Gasteiger partial charge in [-0.05, 0) is 19.8 Å². The maximum absolute atomic E-state index is 12.0. The number of rotatable bonds is 5. The average Bonchev–Trinajstić information content (AvgIpc) is 2.77. The first-order chi connectivity index (χ1) is 7.52. The molecular formula is C10H18F2N2O2. The average molecular weight is 236 g/mol. The molecule has 0 aromatic carbocycles. The maximum atomic E-state index is 12.0. The zero-order valence-electron chi connectivity index (χ0n) is 9.33. The molecule has 0 spiro atoms. The van der Waals surface area contributed by atoms with Crippen LogP contribution < -0.4 is 5.32 Å². The van der Waals surface area contributed by atoms with Gasteiger partial charge in [0.25, 0.3) is 6.43 Å². The van der Waals surface area contributed by atoms with Gasteiger partial charge in [-0.1, -0.05) is 0 Å². The van der Waals surface area contributed by atoms with E-state index in [-0.39, 0.29) is 12.5 Å². The molecule has 0 bridgehead atoms. The van der Waals surface area contributed by atoms with Crippen LogP contribution in [0.2, 0.25) is 0 Å². The van der Waals surface area contributed by atoms with Gasteiger partial charge in [-0.15, -0.1) is 0 Å². The van der Waals surface area contributed by atoms with Crippen molar-refractivity contribution in [3.05, 3.63) is 0 Å². The number of carbonyl (C=O) groups excluding carboxylic acids is 1. The molecule has 94 valence electrons. The van der Waals surface area contributed by atoms with Gasteiger partial charge in [0, 0.05) is 19.6 Å². The van der Waals surface area contributed by atoms with E-state index in [4.69, 9.17) is 5.11 Å². The molecule has 2 atom stereocenters. The number of aliphatic hydroxyl groups excluding tert-OH is 1. The number of carbonyl (C=O) groups is 1. The number of amides is 1. The van der Waals surface area contributed by atoms with E-state index in [0.29, 0.717) is 0 Å². The number of likely N-dealkylation sites (tertiary alicyclic amines) is 1. The van der Waals surface area contributed by atoms with E-state index in [1.54, 1.807) is 11.8 Å². The summed E-state index contributed by atoms with van der Waals surface area (Å²) in [6, 6.07) is -0.522. The summed E-state index contributed by atoms with van der Waals surface area (Å²) in [6.45, 7) is 2.84. The molecule has 4 nitrogen and oxygen atoms in total. The number of nitrogens with zero attached hydrogens (tertiary/aromatic N) is 1. The highest BCUT2D eigenvalue weighted by Gasteiger charge is 2.24. The summed E-state index contributed by atoms with van der Waals surface area (Å²) in [4.78, 5) is 13.4. The van der Waals surface area contributed by atoms with Crippen LogP contribution in [0.4, 0.5) is 8.78 Å². The van der Waals surface area contributed by atoms with E-state index in [2.05, 4.69) is 5.32 Å². The summed E-state index contributed by atoms with van der Waals surface area (Å²) in [5, 5.41) is 11.5. The van der Waals surface area contributed by atoms with Crippen molar-refractivity contribution >= 4 is 5.91 Å². The molecule has 1 amide bonds. The maximum Gasteiger partial charge on any atom is 0.265 e. The van der Waals surface area contributed by atoms with Crippen LogP contribution in [0.15, 0.2) is 0 Å². The summed E-state index contributed by atoms with van der Waals surface area (Å²) in [5.41, 5.74) is 0. The Balaban J connectivity index is 2.28. The second-order valence-electron chi connectivity index (χ2n) is 4.06. The number of nitrogens with one attached hydrogen (secondary N) is 1. The molecule has 1 aliphatic rings. The van der Waals surface area contributed by atoms with Crippen LogP contribution in [0, 0.1) is 0 Å². The second kappa shape index (κ2) is 6.10. The van der Waals surface area contributed by atoms with Gasteiger partial charge in [-0.2, -0.15) is 0 Å². The Kier molecular flexibility index (Phi) is 5.08. The van der Waals surface area contributed by atoms with Crippen molar-refractivity contribution < 1.29 is 18.7 Å². The van der Waals surface area contributed by atoms with Gasteiger partial charge >= 0.3 is 0 Å². The summed E-state index contributed by atoms with van der Waals surface area (Å²) in [5.74, 6) is -0.0843. The first-order valence-corrected chi connectivity index (χ1v) is 5.50. The fourth-order valence-electron chi connectivity index (χ4n) is 1.69. The number of halogens is 2. The highest BCUT2D eigenvalue weighted by molar-refractivity contribution is 5.81. The molecule has 0 saturated carbocycles. The lowest BCUT2D eigenvalue weighted by atomic mass is 10.2. The van der Waals surface area contributed by atoms with E-state index in [9.17, 15) is 13.6 Å². The van der Waals surface area contributed by atoms with Crippen LogP contribution in [0.5, 0.6) is 0 Å². The first-order valence-electron chi connectivity index (χ1n) is 5.50. The summed E-state index contributed by atoms with van der Waals surface area (Å²) in [6.07, 6.45) is -2.49. The number of aliphatic hydroxyl groups is 1. The lowest BCUT2D eigenvalue weighted by molar-refractivity contribution is -0.132. The van der Waals surface area contributed by atoms with Gasteiger partial charge in [-0.3, -0.25) is 4.79 Å². The third kappa shape index (κ3) is 3.68. The third-order valence-electron chi connectivity index (χ3n) is 2.71. The Bertz CT molecular complexity index is 233. The van der Waals surface area contributed by atoms with E-state index in [1.165, 1.54) is 0 Å². The SMILES string of the molecule is CC(NCC(O)C(F)F)C(=O)N1CCCC1. The number of hydrogen-bond acceptors (Lipinski definition) is 3. The molecule has 0 aliphatic carbocycles. The third-order valence-corrected chi connectivity index (χ3v) is 2.71. The molecule has 1 rings (SSSR count). The molecule has 1 heterocycles. The van der Waals surface area contributed by atoms with Crippen molar-refractivity contribution in [2.75, 3.05) is 19.6 Å².